The SMILES string of the molecule is CC(O)(C(=O)N[C@@H]1CCCN(Cc2ccccc2)C1)c1cccc(-c2cccc(C(O)C(=O)N[C@H]3CCCN(Cc4ccccc4)C3)c2)c1. The number of piperidine rings is 2. The molecule has 8 nitrogen and oxygen atoms in total. The maximum absolute atomic E-state index is 13.5. The third-order valence-corrected chi connectivity index (χ3v) is 9.84. The second-order valence-electron chi connectivity index (χ2n) is 13.8. The second kappa shape index (κ2) is 15.9. The molecule has 6 rings (SSSR count). The first-order valence-corrected chi connectivity index (χ1v) is 17.5. The van der Waals surface area contributed by atoms with Crippen LogP contribution in [0.1, 0.15) is 61.0 Å². The second-order valence-corrected chi connectivity index (χ2v) is 13.8. The van der Waals surface area contributed by atoms with Crippen LogP contribution in [0.15, 0.2) is 109 Å². The van der Waals surface area contributed by atoms with Crippen LogP contribution in [0, 0.1) is 0 Å². The molecule has 2 aliphatic rings. The van der Waals surface area contributed by atoms with Crippen molar-refractivity contribution >= 4 is 11.8 Å². The van der Waals surface area contributed by atoms with E-state index in [-0.39, 0.29) is 12.1 Å². The van der Waals surface area contributed by atoms with Crippen molar-refractivity contribution in [2.24, 2.45) is 0 Å². The van der Waals surface area contributed by atoms with Crippen LogP contribution < -0.4 is 10.6 Å². The van der Waals surface area contributed by atoms with Gasteiger partial charge in [0.2, 0.25) is 0 Å². The van der Waals surface area contributed by atoms with Crippen LogP contribution in [0.5, 0.6) is 0 Å². The van der Waals surface area contributed by atoms with E-state index in [0.717, 1.165) is 76.1 Å². The number of amides is 2. The fraction of sp³-hybridized carbons (Fsp3) is 0.366. The van der Waals surface area contributed by atoms with Gasteiger partial charge in [0.25, 0.3) is 11.8 Å². The number of carbonyl (C=O) groups excluding carboxylic acids is 2. The van der Waals surface area contributed by atoms with E-state index in [1.54, 1.807) is 24.3 Å². The molecule has 256 valence electrons. The molecule has 2 heterocycles. The maximum atomic E-state index is 13.5. The van der Waals surface area contributed by atoms with Crippen molar-refractivity contribution < 1.29 is 19.8 Å². The minimum Gasteiger partial charge on any atom is -0.378 e. The summed E-state index contributed by atoms with van der Waals surface area (Å²) in [4.78, 5) is 31.4. The van der Waals surface area contributed by atoms with Gasteiger partial charge in [-0.15, -0.1) is 0 Å². The van der Waals surface area contributed by atoms with Crippen molar-refractivity contribution in [3.63, 3.8) is 0 Å². The van der Waals surface area contributed by atoms with Crippen molar-refractivity contribution in [3.05, 3.63) is 131 Å². The Morgan fingerprint density at radius 2 is 1.27 bits per heavy atom. The molecule has 2 saturated heterocycles. The minimum atomic E-state index is -1.75. The molecule has 2 aliphatic heterocycles. The van der Waals surface area contributed by atoms with Gasteiger partial charge in [0, 0.05) is 38.3 Å². The third kappa shape index (κ3) is 9.02. The fourth-order valence-electron chi connectivity index (χ4n) is 7.10. The van der Waals surface area contributed by atoms with Gasteiger partial charge < -0.3 is 20.8 Å². The number of nitrogens with one attached hydrogen (secondary N) is 2. The van der Waals surface area contributed by atoms with Crippen molar-refractivity contribution in [2.75, 3.05) is 26.2 Å². The zero-order valence-corrected chi connectivity index (χ0v) is 28.3. The zero-order chi connectivity index (χ0) is 34.2. The molecule has 0 aromatic heterocycles. The smallest absolute Gasteiger partial charge is 0.256 e. The van der Waals surface area contributed by atoms with Crippen LogP contribution in [0.2, 0.25) is 0 Å². The molecule has 4 atom stereocenters. The third-order valence-electron chi connectivity index (χ3n) is 9.84. The lowest BCUT2D eigenvalue weighted by Gasteiger charge is -2.35. The summed E-state index contributed by atoms with van der Waals surface area (Å²) in [6.45, 7) is 6.61. The Labute approximate surface area is 289 Å². The standard InChI is InChI=1S/C41H48N4O4/c1-41(49,40(48)43-37-21-11-23-45(29-37)27-31-14-6-3-7-15-31)35-19-9-17-33(25-35)32-16-8-18-34(24-32)38(46)39(47)42-36-20-10-22-44(28-36)26-30-12-4-2-5-13-30/h2-9,12-19,24-25,36-38,46,49H,10-11,20-23,26-29H2,1H3,(H,42,47)(H,43,48)/t36-,37+,38?,41?/m0/s1. The number of carbonyl (C=O) groups is 2. The lowest BCUT2D eigenvalue weighted by Crippen LogP contribution is -2.52. The van der Waals surface area contributed by atoms with Gasteiger partial charge in [0.15, 0.2) is 11.7 Å². The first kappa shape index (κ1) is 34.5. The summed E-state index contributed by atoms with van der Waals surface area (Å²) >= 11 is 0. The molecule has 4 aromatic carbocycles. The zero-order valence-electron chi connectivity index (χ0n) is 28.3. The van der Waals surface area contributed by atoms with Gasteiger partial charge in [-0.25, -0.2) is 0 Å². The largest absolute Gasteiger partial charge is 0.378 e. The van der Waals surface area contributed by atoms with E-state index in [4.69, 9.17) is 0 Å². The molecular formula is C41H48N4O4. The molecule has 49 heavy (non-hydrogen) atoms. The molecule has 0 saturated carbocycles. The highest BCUT2D eigenvalue weighted by Crippen LogP contribution is 2.29. The van der Waals surface area contributed by atoms with Crippen LogP contribution in [0.4, 0.5) is 0 Å². The highest BCUT2D eigenvalue weighted by Gasteiger charge is 2.35. The quantitative estimate of drug-likeness (QED) is 0.177. The number of benzene rings is 4. The molecule has 2 unspecified atom stereocenters. The molecule has 0 aliphatic carbocycles. The van der Waals surface area contributed by atoms with E-state index >= 15 is 0 Å². The number of hydrogen-bond donors (Lipinski definition) is 4. The predicted molar refractivity (Wildman–Crippen MR) is 192 cm³/mol. The normalized spacial score (nSPS) is 20.6. The number of hydrogen-bond acceptors (Lipinski definition) is 6. The Bertz CT molecular complexity index is 1700. The Balaban J connectivity index is 1.07. The van der Waals surface area contributed by atoms with Gasteiger partial charge in [-0.1, -0.05) is 97.1 Å². The number of aliphatic hydroxyl groups is 2. The highest BCUT2D eigenvalue weighted by atomic mass is 16.3. The van der Waals surface area contributed by atoms with Crippen LogP contribution >= 0.6 is 0 Å². The lowest BCUT2D eigenvalue weighted by atomic mass is 9.90. The minimum absolute atomic E-state index is 0.0339. The average molecular weight is 661 g/mol. The molecule has 0 bridgehead atoms. The van der Waals surface area contributed by atoms with E-state index in [1.807, 2.05) is 60.7 Å². The van der Waals surface area contributed by atoms with Gasteiger partial charge in [0.1, 0.15) is 0 Å². The number of likely N-dealkylation sites (tertiary alicyclic amines) is 2. The number of rotatable bonds is 11. The van der Waals surface area contributed by atoms with Gasteiger partial charge in [0.05, 0.1) is 0 Å². The van der Waals surface area contributed by atoms with Gasteiger partial charge in [-0.2, -0.15) is 0 Å². The van der Waals surface area contributed by atoms with E-state index in [1.165, 1.54) is 18.1 Å². The fourth-order valence-corrected chi connectivity index (χ4v) is 7.10. The predicted octanol–water partition coefficient (Wildman–Crippen LogP) is 5.16. The Morgan fingerprint density at radius 1 is 0.735 bits per heavy atom. The molecule has 8 heteroatoms. The maximum Gasteiger partial charge on any atom is 0.256 e. The van der Waals surface area contributed by atoms with Crippen molar-refractivity contribution in [3.8, 4) is 11.1 Å². The van der Waals surface area contributed by atoms with Gasteiger partial charge in [-0.3, -0.25) is 19.4 Å². The van der Waals surface area contributed by atoms with Crippen LogP contribution in [0.3, 0.4) is 0 Å². The molecule has 2 fully saturated rings. The van der Waals surface area contributed by atoms with E-state index < -0.39 is 23.5 Å². The summed E-state index contributed by atoms with van der Waals surface area (Å²) in [6.07, 6.45) is 2.37. The summed E-state index contributed by atoms with van der Waals surface area (Å²) in [5.74, 6) is -0.843. The monoisotopic (exact) mass is 660 g/mol. The number of nitrogens with zero attached hydrogens (tertiary/aromatic N) is 2. The topological polar surface area (TPSA) is 105 Å². The Hall–Kier alpha value is -4.34. The van der Waals surface area contributed by atoms with Crippen molar-refractivity contribution in [1.82, 2.24) is 20.4 Å². The molecule has 4 N–H and O–H groups in total. The molecule has 4 aromatic rings. The first-order valence-electron chi connectivity index (χ1n) is 17.5. The summed E-state index contributed by atoms with van der Waals surface area (Å²) < 4.78 is 0. The van der Waals surface area contributed by atoms with E-state index in [2.05, 4.69) is 44.7 Å². The average Bonchev–Trinajstić information content (AvgIpc) is 3.12. The highest BCUT2D eigenvalue weighted by molar-refractivity contribution is 5.87. The van der Waals surface area contributed by atoms with Crippen molar-refractivity contribution in [1.29, 1.82) is 0 Å². The van der Waals surface area contributed by atoms with E-state index in [9.17, 15) is 19.8 Å². The van der Waals surface area contributed by atoms with Crippen molar-refractivity contribution in [2.45, 2.75) is 69.5 Å². The summed E-state index contributed by atoms with van der Waals surface area (Å²) in [5.41, 5.74) is 3.25. The Morgan fingerprint density at radius 3 is 1.86 bits per heavy atom. The van der Waals surface area contributed by atoms with Crippen LogP contribution in [-0.4, -0.2) is 70.1 Å². The van der Waals surface area contributed by atoms with Crippen LogP contribution in [0.25, 0.3) is 11.1 Å². The summed E-state index contributed by atoms with van der Waals surface area (Å²) in [7, 11) is 0. The summed E-state index contributed by atoms with van der Waals surface area (Å²) in [5, 5.41) is 28.8. The van der Waals surface area contributed by atoms with Gasteiger partial charge >= 0.3 is 0 Å². The van der Waals surface area contributed by atoms with E-state index in [0.29, 0.717) is 11.1 Å². The molecular weight excluding hydrogens is 612 g/mol. The summed E-state index contributed by atoms with van der Waals surface area (Å²) in [6, 6.07) is 35.1. The molecule has 2 amide bonds. The number of aliphatic hydroxyl groups excluding tert-OH is 1. The molecule has 0 spiro atoms. The first-order chi connectivity index (χ1) is 23.7. The van der Waals surface area contributed by atoms with Crippen LogP contribution in [-0.2, 0) is 28.3 Å². The lowest BCUT2D eigenvalue weighted by molar-refractivity contribution is -0.140. The molecule has 0 radical (unpaired) electrons. The Kier molecular flexibility index (Phi) is 11.2. The van der Waals surface area contributed by atoms with Gasteiger partial charge in [-0.05, 0) is 91.2 Å².